The maximum atomic E-state index is 11.8. The van der Waals surface area contributed by atoms with Crippen LogP contribution in [0.1, 0.15) is 13.3 Å². The molecule has 0 atom stereocenters. The first-order valence-corrected chi connectivity index (χ1v) is 8.63. The molecule has 0 radical (unpaired) electrons. The molecule has 2 aromatic rings. The summed E-state index contributed by atoms with van der Waals surface area (Å²) in [5.41, 5.74) is 5.71. The van der Waals surface area contributed by atoms with E-state index in [0.717, 1.165) is 6.42 Å². The number of halogens is 1. The Kier molecular flexibility index (Phi) is 4.43. The summed E-state index contributed by atoms with van der Waals surface area (Å²) in [7, 11) is 1.51. The molecule has 0 bridgehead atoms. The van der Waals surface area contributed by atoms with Gasteiger partial charge in [0.1, 0.15) is 17.2 Å². The molecule has 0 saturated heterocycles. The molecule has 2 rings (SSSR count). The van der Waals surface area contributed by atoms with E-state index >= 15 is 0 Å². The molecule has 0 aliphatic heterocycles. The second-order valence-electron chi connectivity index (χ2n) is 4.52. The number of carbonyl (C=O) groups excluding carboxylic acids is 1. The number of benzene rings is 1. The minimum atomic E-state index is -3.97. The summed E-state index contributed by atoms with van der Waals surface area (Å²) in [5.74, 6) is -0.165. The molecule has 114 valence electrons. The maximum Gasteiger partial charge on any atom is 0.263 e. The van der Waals surface area contributed by atoms with Crippen LogP contribution in [0.5, 0.6) is 5.75 Å². The Balaban J connectivity index is 2.72. The highest BCUT2D eigenvalue weighted by molar-refractivity contribution is 8.14. The molecule has 0 fully saturated rings. The van der Waals surface area contributed by atoms with E-state index in [0.29, 0.717) is 23.3 Å². The SMILES string of the molecule is CCCOc1cccc2c1c(S(=O)(=O)Cl)cn2CC(N)=O. The zero-order valence-corrected chi connectivity index (χ0v) is 12.9. The van der Waals surface area contributed by atoms with Crippen LogP contribution in [-0.2, 0) is 20.4 Å². The van der Waals surface area contributed by atoms with E-state index in [4.69, 9.17) is 21.2 Å². The van der Waals surface area contributed by atoms with Crippen molar-refractivity contribution in [1.29, 1.82) is 0 Å². The van der Waals surface area contributed by atoms with E-state index in [-0.39, 0.29) is 11.4 Å². The number of amides is 1. The van der Waals surface area contributed by atoms with Gasteiger partial charge in [0.15, 0.2) is 0 Å². The number of primary amides is 1. The highest BCUT2D eigenvalue weighted by atomic mass is 35.7. The van der Waals surface area contributed by atoms with Crippen molar-refractivity contribution >= 4 is 36.5 Å². The number of carbonyl (C=O) groups is 1. The van der Waals surface area contributed by atoms with Crippen LogP contribution in [-0.4, -0.2) is 25.5 Å². The Morgan fingerprint density at radius 1 is 1.43 bits per heavy atom. The maximum absolute atomic E-state index is 11.8. The molecule has 6 nitrogen and oxygen atoms in total. The van der Waals surface area contributed by atoms with Gasteiger partial charge in [-0.15, -0.1) is 0 Å². The van der Waals surface area contributed by atoms with Crippen molar-refractivity contribution in [2.45, 2.75) is 24.8 Å². The summed E-state index contributed by atoms with van der Waals surface area (Å²) in [6.07, 6.45) is 2.08. The molecule has 8 heteroatoms. The molecular formula is C13H15ClN2O4S. The van der Waals surface area contributed by atoms with Crippen molar-refractivity contribution in [2.75, 3.05) is 6.61 Å². The number of fused-ring (bicyclic) bond motifs is 1. The Morgan fingerprint density at radius 3 is 2.71 bits per heavy atom. The van der Waals surface area contributed by atoms with Crippen molar-refractivity contribution in [3.8, 4) is 5.75 Å². The molecular weight excluding hydrogens is 316 g/mol. The number of ether oxygens (including phenoxy) is 1. The predicted molar refractivity (Wildman–Crippen MR) is 80.0 cm³/mol. The highest BCUT2D eigenvalue weighted by Gasteiger charge is 2.22. The molecule has 0 aliphatic rings. The Labute approximate surface area is 126 Å². The summed E-state index contributed by atoms with van der Waals surface area (Å²) in [4.78, 5) is 11.0. The fraction of sp³-hybridized carbons (Fsp3) is 0.308. The highest BCUT2D eigenvalue weighted by Crippen LogP contribution is 2.35. The predicted octanol–water partition coefficient (Wildman–Crippen LogP) is 1.84. The summed E-state index contributed by atoms with van der Waals surface area (Å²) >= 11 is 0. The van der Waals surface area contributed by atoms with Crippen molar-refractivity contribution in [2.24, 2.45) is 5.73 Å². The standard InChI is InChI=1S/C13H15ClN2O4S/c1-2-6-20-10-5-3-4-9-13(10)11(21(14,18)19)7-16(9)8-12(15)17/h3-5,7H,2,6,8H2,1H3,(H2,15,17). The van der Waals surface area contributed by atoms with Crippen LogP contribution in [0.3, 0.4) is 0 Å². The summed E-state index contributed by atoms with van der Waals surface area (Å²) in [6.45, 7) is 2.25. The molecule has 0 aliphatic carbocycles. The lowest BCUT2D eigenvalue weighted by atomic mass is 10.2. The van der Waals surface area contributed by atoms with E-state index in [1.165, 1.54) is 10.8 Å². The van der Waals surface area contributed by atoms with Crippen LogP contribution >= 0.6 is 10.7 Å². The average molecular weight is 331 g/mol. The number of aromatic nitrogens is 1. The zero-order chi connectivity index (χ0) is 15.6. The first-order chi connectivity index (χ1) is 9.84. The van der Waals surface area contributed by atoms with Crippen LogP contribution in [0.25, 0.3) is 10.9 Å². The Hall–Kier alpha value is -1.73. The largest absolute Gasteiger partial charge is 0.493 e. The van der Waals surface area contributed by atoms with Gasteiger partial charge in [0.25, 0.3) is 9.05 Å². The summed E-state index contributed by atoms with van der Waals surface area (Å²) in [6, 6.07) is 5.07. The van der Waals surface area contributed by atoms with E-state index < -0.39 is 15.0 Å². The third-order valence-electron chi connectivity index (χ3n) is 2.88. The molecule has 2 N–H and O–H groups in total. The van der Waals surface area contributed by atoms with E-state index in [1.54, 1.807) is 18.2 Å². The molecule has 21 heavy (non-hydrogen) atoms. The van der Waals surface area contributed by atoms with Crippen LogP contribution in [0.4, 0.5) is 0 Å². The topological polar surface area (TPSA) is 91.4 Å². The van der Waals surface area contributed by atoms with E-state index in [1.807, 2.05) is 6.92 Å². The summed E-state index contributed by atoms with van der Waals surface area (Å²) < 4.78 is 30.5. The lowest BCUT2D eigenvalue weighted by Gasteiger charge is -2.07. The monoisotopic (exact) mass is 330 g/mol. The smallest absolute Gasteiger partial charge is 0.263 e. The third-order valence-corrected chi connectivity index (χ3v) is 4.22. The van der Waals surface area contributed by atoms with E-state index in [2.05, 4.69) is 0 Å². The van der Waals surface area contributed by atoms with Crippen LogP contribution in [0.2, 0.25) is 0 Å². The lowest BCUT2D eigenvalue weighted by Crippen LogP contribution is -2.17. The second-order valence-corrected chi connectivity index (χ2v) is 7.06. The molecule has 0 unspecified atom stereocenters. The lowest BCUT2D eigenvalue weighted by molar-refractivity contribution is -0.118. The van der Waals surface area contributed by atoms with Crippen molar-refractivity contribution in [1.82, 2.24) is 4.57 Å². The molecule has 1 aromatic heterocycles. The summed E-state index contributed by atoms with van der Waals surface area (Å²) in [5, 5.41) is 0.363. The number of rotatable bonds is 6. The fourth-order valence-corrected chi connectivity index (χ4v) is 3.15. The van der Waals surface area contributed by atoms with Gasteiger partial charge in [-0.1, -0.05) is 13.0 Å². The number of nitrogens with two attached hydrogens (primary N) is 1. The number of hydrogen-bond donors (Lipinski definition) is 1. The number of nitrogens with zero attached hydrogens (tertiary/aromatic N) is 1. The normalized spacial score (nSPS) is 11.7. The van der Waals surface area contributed by atoms with Gasteiger partial charge >= 0.3 is 0 Å². The Morgan fingerprint density at radius 2 is 2.14 bits per heavy atom. The van der Waals surface area contributed by atoms with Crippen molar-refractivity contribution < 1.29 is 17.9 Å². The van der Waals surface area contributed by atoms with Gasteiger partial charge in [-0.3, -0.25) is 4.79 Å². The van der Waals surface area contributed by atoms with Gasteiger partial charge in [0, 0.05) is 16.9 Å². The van der Waals surface area contributed by atoms with E-state index in [9.17, 15) is 13.2 Å². The second kappa shape index (κ2) is 5.95. The van der Waals surface area contributed by atoms with Crippen LogP contribution < -0.4 is 10.5 Å². The number of hydrogen-bond acceptors (Lipinski definition) is 4. The minimum Gasteiger partial charge on any atom is -0.493 e. The third kappa shape index (κ3) is 3.30. The van der Waals surface area contributed by atoms with Gasteiger partial charge in [0.2, 0.25) is 5.91 Å². The molecule has 1 amide bonds. The van der Waals surface area contributed by atoms with Gasteiger partial charge in [-0.25, -0.2) is 8.42 Å². The quantitative estimate of drug-likeness (QED) is 0.818. The average Bonchev–Trinajstić information content (AvgIpc) is 2.75. The van der Waals surface area contributed by atoms with Crippen LogP contribution in [0, 0.1) is 0 Å². The first kappa shape index (κ1) is 15.7. The Bertz CT molecular complexity index is 783. The van der Waals surface area contributed by atoms with Gasteiger partial charge < -0.3 is 15.0 Å². The zero-order valence-electron chi connectivity index (χ0n) is 11.4. The molecule has 1 heterocycles. The molecule has 0 saturated carbocycles. The van der Waals surface area contributed by atoms with Crippen molar-refractivity contribution in [3.63, 3.8) is 0 Å². The van der Waals surface area contributed by atoms with Crippen molar-refractivity contribution in [3.05, 3.63) is 24.4 Å². The fourth-order valence-electron chi connectivity index (χ4n) is 2.10. The van der Waals surface area contributed by atoms with Gasteiger partial charge in [-0.2, -0.15) is 0 Å². The van der Waals surface area contributed by atoms with Crippen LogP contribution in [0.15, 0.2) is 29.3 Å². The molecule has 1 aromatic carbocycles. The minimum absolute atomic E-state index is 0.0906. The van der Waals surface area contributed by atoms with Gasteiger partial charge in [0.05, 0.1) is 17.5 Å². The van der Waals surface area contributed by atoms with Gasteiger partial charge in [-0.05, 0) is 18.6 Å². The molecule has 0 spiro atoms. The first-order valence-electron chi connectivity index (χ1n) is 6.32.